The van der Waals surface area contributed by atoms with Gasteiger partial charge in [0, 0.05) is 12.8 Å². The van der Waals surface area contributed by atoms with Gasteiger partial charge in [-0.25, -0.2) is 0 Å². The van der Waals surface area contributed by atoms with Crippen LogP contribution < -0.4 is 5.32 Å². The number of ether oxygens (including phenoxy) is 1. The number of carbonyl (C=O) groups excluding carboxylic acids is 2. The molecule has 0 aromatic heterocycles. The van der Waals surface area contributed by atoms with Gasteiger partial charge < -0.3 is 20.3 Å². The molecule has 59 heavy (non-hydrogen) atoms. The van der Waals surface area contributed by atoms with Crippen molar-refractivity contribution in [2.24, 2.45) is 0 Å². The summed E-state index contributed by atoms with van der Waals surface area (Å²) in [6, 6.07) is -0.636. The Bertz CT molecular complexity index is 962. The first-order valence-electron chi connectivity index (χ1n) is 25.8. The SMILES string of the molecule is CCCCC/C=C\CCCCCCCC(=O)OCCCCCCCC/C=C\CCCCCCCCCC(=O)NC(CO)C(O)/C=C/CCCCCCCCCCCCC. The summed E-state index contributed by atoms with van der Waals surface area (Å²) in [6.07, 6.45) is 58.6. The molecule has 3 N–H and O–H groups in total. The van der Waals surface area contributed by atoms with E-state index in [0.29, 0.717) is 19.4 Å². The van der Waals surface area contributed by atoms with Gasteiger partial charge in [0.05, 0.1) is 25.4 Å². The molecule has 0 aromatic rings. The van der Waals surface area contributed by atoms with E-state index in [9.17, 15) is 19.8 Å². The van der Waals surface area contributed by atoms with Gasteiger partial charge in [-0.2, -0.15) is 0 Å². The van der Waals surface area contributed by atoms with Gasteiger partial charge >= 0.3 is 5.97 Å². The Morgan fingerprint density at radius 3 is 1.24 bits per heavy atom. The van der Waals surface area contributed by atoms with Gasteiger partial charge in [0.15, 0.2) is 0 Å². The summed E-state index contributed by atoms with van der Waals surface area (Å²) >= 11 is 0. The zero-order valence-electron chi connectivity index (χ0n) is 39.2. The van der Waals surface area contributed by atoms with Crippen LogP contribution in [0.1, 0.15) is 264 Å². The predicted octanol–water partition coefficient (Wildman–Crippen LogP) is 15.3. The summed E-state index contributed by atoms with van der Waals surface area (Å²) in [5, 5.41) is 23.0. The molecule has 0 saturated carbocycles. The lowest BCUT2D eigenvalue weighted by atomic mass is 10.0. The number of amides is 1. The van der Waals surface area contributed by atoms with Crippen LogP contribution in [0.2, 0.25) is 0 Å². The fraction of sp³-hybridized carbons (Fsp3) is 0.849. The van der Waals surface area contributed by atoms with Crippen molar-refractivity contribution in [2.45, 2.75) is 276 Å². The van der Waals surface area contributed by atoms with E-state index in [-0.39, 0.29) is 18.5 Å². The third kappa shape index (κ3) is 45.4. The number of unbranched alkanes of at least 4 members (excludes halogenated alkanes) is 32. The minimum atomic E-state index is -0.851. The summed E-state index contributed by atoms with van der Waals surface area (Å²) in [7, 11) is 0. The highest BCUT2D eigenvalue weighted by Gasteiger charge is 2.18. The topological polar surface area (TPSA) is 95.9 Å². The van der Waals surface area contributed by atoms with E-state index < -0.39 is 12.1 Å². The fourth-order valence-electron chi connectivity index (χ4n) is 7.62. The summed E-state index contributed by atoms with van der Waals surface area (Å²) < 4.78 is 5.44. The zero-order chi connectivity index (χ0) is 43.0. The average molecular weight is 830 g/mol. The van der Waals surface area contributed by atoms with Crippen molar-refractivity contribution in [1.29, 1.82) is 0 Å². The van der Waals surface area contributed by atoms with Gasteiger partial charge in [-0.15, -0.1) is 0 Å². The molecule has 0 aliphatic heterocycles. The number of allylic oxidation sites excluding steroid dienone is 5. The largest absolute Gasteiger partial charge is 0.466 e. The van der Waals surface area contributed by atoms with Crippen LogP contribution in [0.4, 0.5) is 0 Å². The maximum Gasteiger partial charge on any atom is 0.305 e. The van der Waals surface area contributed by atoms with Crippen LogP contribution in [0, 0.1) is 0 Å². The van der Waals surface area contributed by atoms with E-state index in [1.54, 1.807) is 6.08 Å². The molecule has 0 radical (unpaired) electrons. The molecule has 0 fully saturated rings. The molecule has 0 bridgehead atoms. The molecule has 0 aromatic carbocycles. The standard InChI is InChI=1S/C53H99NO5/c1-3-5-7-9-11-13-15-22-25-29-33-37-41-45-51(56)50(49-55)54-52(57)46-42-38-34-30-26-23-20-18-17-19-21-24-28-32-36-40-44-48-59-53(58)47-43-39-35-31-27-16-14-12-10-8-6-4-2/h12,14,17,19,41,45,50-51,55-56H,3-11,13,15-16,18,20-40,42-44,46-49H2,1-2H3,(H,54,57)/b14-12-,19-17-,45-41+. The maximum atomic E-state index is 12.4. The molecule has 0 aliphatic carbocycles. The van der Waals surface area contributed by atoms with E-state index in [0.717, 1.165) is 57.8 Å². The summed E-state index contributed by atoms with van der Waals surface area (Å²) in [5.41, 5.74) is 0. The van der Waals surface area contributed by atoms with Crippen molar-refractivity contribution >= 4 is 11.9 Å². The van der Waals surface area contributed by atoms with Crippen molar-refractivity contribution in [2.75, 3.05) is 13.2 Å². The Kier molecular flexibility index (Phi) is 47.2. The zero-order valence-corrected chi connectivity index (χ0v) is 39.2. The Balaban J connectivity index is 3.50. The second kappa shape index (κ2) is 48.7. The van der Waals surface area contributed by atoms with Crippen LogP contribution in [0.3, 0.4) is 0 Å². The Morgan fingerprint density at radius 1 is 0.458 bits per heavy atom. The number of aliphatic hydroxyl groups excluding tert-OH is 2. The monoisotopic (exact) mass is 830 g/mol. The van der Waals surface area contributed by atoms with Crippen molar-refractivity contribution < 1.29 is 24.5 Å². The molecule has 0 rings (SSSR count). The Morgan fingerprint density at radius 2 is 0.797 bits per heavy atom. The number of hydrogen-bond donors (Lipinski definition) is 3. The van der Waals surface area contributed by atoms with Crippen molar-refractivity contribution in [3.8, 4) is 0 Å². The summed E-state index contributed by atoms with van der Waals surface area (Å²) in [6.45, 7) is 4.84. The first-order valence-corrected chi connectivity index (χ1v) is 25.8. The van der Waals surface area contributed by atoms with Crippen molar-refractivity contribution in [3.63, 3.8) is 0 Å². The van der Waals surface area contributed by atoms with Gasteiger partial charge in [0.2, 0.25) is 5.91 Å². The smallest absolute Gasteiger partial charge is 0.305 e. The lowest BCUT2D eigenvalue weighted by Gasteiger charge is -2.20. The van der Waals surface area contributed by atoms with Crippen LogP contribution in [0.15, 0.2) is 36.5 Å². The van der Waals surface area contributed by atoms with Crippen molar-refractivity contribution in [1.82, 2.24) is 5.32 Å². The van der Waals surface area contributed by atoms with E-state index in [1.165, 1.54) is 180 Å². The molecule has 0 aliphatic rings. The number of aliphatic hydroxyl groups is 2. The van der Waals surface area contributed by atoms with Gasteiger partial charge in [-0.05, 0) is 83.5 Å². The Labute approximate surface area is 366 Å². The first kappa shape index (κ1) is 57.1. The molecule has 2 unspecified atom stereocenters. The molecule has 346 valence electrons. The molecule has 1 amide bonds. The molecule has 0 saturated heterocycles. The minimum absolute atomic E-state index is 0.0136. The lowest BCUT2D eigenvalue weighted by Crippen LogP contribution is -2.45. The Hall–Kier alpha value is -1.92. The molecular formula is C53H99NO5. The third-order valence-electron chi connectivity index (χ3n) is 11.6. The number of carbonyl (C=O) groups is 2. The van der Waals surface area contributed by atoms with Crippen LogP contribution in [-0.4, -0.2) is 47.4 Å². The molecular weight excluding hydrogens is 731 g/mol. The number of esters is 1. The van der Waals surface area contributed by atoms with Crippen LogP contribution >= 0.6 is 0 Å². The van der Waals surface area contributed by atoms with Crippen LogP contribution in [-0.2, 0) is 14.3 Å². The molecule has 2 atom stereocenters. The molecule has 6 nitrogen and oxygen atoms in total. The molecule has 6 heteroatoms. The highest BCUT2D eigenvalue weighted by molar-refractivity contribution is 5.76. The van der Waals surface area contributed by atoms with Crippen molar-refractivity contribution in [3.05, 3.63) is 36.5 Å². The van der Waals surface area contributed by atoms with Crippen LogP contribution in [0.25, 0.3) is 0 Å². The van der Waals surface area contributed by atoms with Gasteiger partial charge in [0.1, 0.15) is 0 Å². The highest BCUT2D eigenvalue weighted by atomic mass is 16.5. The molecule has 0 heterocycles. The number of rotatable bonds is 47. The molecule has 0 spiro atoms. The summed E-state index contributed by atoms with van der Waals surface area (Å²) in [5.74, 6) is -0.0950. The van der Waals surface area contributed by atoms with E-state index in [2.05, 4.69) is 43.5 Å². The summed E-state index contributed by atoms with van der Waals surface area (Å²) in [4.78, 5) is 24.4. The van der Waals surface area contributed by atoms with E-state index >= 15 is 0 Å². The predicted molar refractivity (Wildman–Crippen MR) is 255 cm³/mol. The third-order valence-corrected chi connectivity index (χ3v) is 11.6. The minimum Gasteiger partial charge on any atom is -0.466 e. The van der Waals surface area contributed by atoms with Crippen LogP contribution in [0.5, 0.6) is 0 Å². The fourth-order valence-corrected chi connectivity index (χ4v) is 7.62. The number of nitrogens with one attached hydrogen (secondary N) is 1. The normalized spacial score (nSPS) is 12.9. The second-order valence-corrected chi connectivity index (χ2v) is 17.5. The quantitative estimate of drug-likeness (QED) is 0.0323. The second-order valence-electron chi connectivity index (χ2n) is 17.5. The van der Waals surface area contributed by atoms with E-state index in [1.807, 2.05) is 6.08 Å². The van der Waals surface area contributed by atoms with Gasteiger partial charge in [-0.1, -0.05) is 204 Å². The first-order chi connectivity index (χ1) is 29.0. The highest BCUT2D eigenvalue weighted by Crippen LogP contribution is 2.15. The maximum absolute atomic E-state index is 12.4. The van der Waals surface area contributed by atoms with Gasteiger partial charge in [-0.3, -0.25) is 9.59 Å². The van der Waals surface area contributed by atoms with E-state index in [4.69, 9.17) is 4.74 Å². The average Bonchev–Trinajstić information content (AvgIpc) is 3.24. The number of hydrogen-bond acceptors (Lipinski definition) is 5. The lowest BCUT2D eigenvalue weighted by molar-refractivity contribution is -0.143. The van der Waals surface area contributed by atoms with Gasteiger partial charge in [0.25, 0.3) is 0 Å².